The molecule has 3 aromatic carbocycles. The third-order valence-corrected chi connectivity index (χ3v) is 3.87. The first-order valence-corrected chi connectivity index (χ1v) is 8.21. The molecule has 3 aromatic rings. The molecule has 0 radical (unpaired) electrons. The average molecular weight is 327 g/mol. The molecule has 0 bridgehead atoms. The van der Waals surface area contributed by atoms with E-state index in [2.05, 4.69) is 87.7 Å². The molecule has 25 heavy (non-hydrogen) atoms. The molecule has 124 valence electrons. The maximum atomic E-state index is 4.07. The van der Waals surface area contributed by atoms with Crippen LogP contribution in [0.4, 0.5) is 17.1 Å². The minimum absolute atomic E-state index is 1.09. The Morgan fingerprint density at radius 1 is 0.560 bits per heavy atom. The van der Waals surface area contributed by atoms with Crippen molar-refractivity contribution >= 4 is 29.5 Å². The highest BCUT2D eigenvalue weighted by molar-refractivity contribution is 5.84. The van der Waals surface area contributed by atoms with Crippen LogP contribution in [0.1, 0.15) is 11.1 Å². The van der Waals surface area contributed by atoms with E-state index in [0.717, 1.165) is 28.2 Å². The summed E-state index contributed by atoms with van der Waals surface area (Å²) in [4.78, 5) is 10.4. The summed E-state index contributed by atoms with van der Waals surface area (Å²) in [6.07, 6.45) is 3.71. The van der Waals surface area contributed by atoms with Crippen molar-refractivity contribution in [2.45, 2.75) is 0 Å². The predicted octanol–water partition coefficient (Wildman–Crippen LogP) is 5.25. The zero-order valence-corrected chi connectivity index (χ0v) is 14.5. The van der Waals surface area contributed by atoms with Crippen LogP contribution in [0.5, 0.6) is 0 Å². The Bertz CT molecular complexity index is 793. The second-order valence-corrected chi connectivity index (χ2v) is 5.63. The number of rotatable bonds is 5. The number of para-hydroxylation sites is 1. The maximum Gasteiger partial charge on any atom is 0.0462 e. The lowest BCUT2D eigenvalue weighted by Crippen LogP contribution is -2.09. The first-order valence-electron chi connectivity index (χ1n) is 8.21. The molecule has 0 aliphatic heterocycles. The van der Waals surface area contributed by atoms with Crippen LogP contribution in [0.3, 0.4) is 0 Å². The molecule has 0 fully saturated rings. The molecular weight excluding hydrogens is 306 g/mol. The minimum atomic E-state index is 1.09. The predicted molar refractivity (Wildman–Crippen MR) is 108 cm³/mol. The van der Waals surface area contributed by atoms with Crippen LogP contribution in [0, 0.1) is 0 Å². The standard InChI is InChI=1S/C22H21N3/c1-23-16-18-8-12-21(13-9-18)25(20-6-4-3-5-7-20)22-14-10-19(11-15-22)17-24-2/h3-17H,1-2H3. The monoisotopic (exact) mass is 327 g/mol. The normalized spacial score (nSPS) is 11.3. The fourth-order valence-corrected chi connectivity index (χ4v) is 2.74. The van der Waals surface area contributed by atoms with Gasteiger partial charge in [-0.2, -0.15) is 0 Å². The Morgan fingerprint density at radius 3 is 1.36 bits per heavy atom. The molecule has 0 aromatic heterocycles. The van der Waals surface area contributed by atoms with E-state index < -0.39 is 0 Å². The highest BCUT2D eigenvalue weighted by Gasteiger charge is 2.11. The van der Waals surface area contributed by atoms with Crippen LogP contribution in [0.25, 0.3) is 0 Å². The van der Waals surface area contributed by atoms with Gasteiger partial charge in [-0.1, -0.05) is 42.5 Å². The molecule has 0 unspecified atom stereocenters. The van der Waals surface area contributed by atoms with Crippen molar-refractivity contribution in [3.8, 4) is 0 Å². The zero-order valence-electron chi connectivity index (χ0n) is 14.5. The van der Waals surface area contributed by atoms with E-state index >= 15 is 0 Å². The summed E-state index contributed by atoms with van der Waals surface area (Å²) in [5, 5.41) is 0. The second-order valence-electron chi connectivity index (χ2n) is 5.63. The summed E-state index contributed by atoms with van der Waals surface area (Å²) in [6.45, 7) is 0. The molecule has 0 aliphatic carbocycles. The number of nitrogens with zero attached hydrogens (tertiary/aromatic N) is 3. The van der Waals surface area contributed by atoms with E-state index in [-0.39, 0.29) is 0 Å². The van der Waals surface area contributed by atoms with Crippen LogP contribution >= 0.6 is 0 Å². The Morgan fingerprint density at radius 2 is 0.960 bits per heavy atom. The lowest BCUT2D eigenvalue weighted by atomic mass is 10.1. The Hall–Kier alpha value is -3.20. The molecule has 0 amide bonds. The molecule has 0 spiro atoms. The largest absolute Gasteiger partial charge is 0.311 e. The van der Waals surface area contributed by atoms with Crippen molar-refractivity contribution in [1.29, 1.82) is 0 Å². The SMILES string of the molecule is CN=Cc1ccc(N(c2ccccc2)c2ccc(C=NC)cc2)cc1. The van der Waals surface area contributed by atoms with Crippen LogP contribution in [0.15, 0.2) is 88.8 Å². The third-order valence-electron chi connectivity index (χ3n) is 3.87. The van der Waals surface area contributed by atoms with Crippen molar-refractivity contribution in [1.82, 2.24) is 0 Å². The van der Waals surface area contributed by atoms with Crippen molar-refractivity contribution in [3.63, 3.8) is 0 Å². The van der Waals surface area contributed by atoms with Crippen molar-refractivity contribution in [2.75, 3.05) is 19.0 Å². The minimum Gasteiger partial charge on any atom is -0.311 e. The smallest absolute Gasteiger partial charge is 0.0462 e. The molecule has 0 aliphatic rings. The van der Waals surface area contributed by atoms with Gasteiger partial charge in [-0.25, -0.2) is 0 Å². The number of benzene rings is 3. The lowest BCUT2D eigenvalue weighted by molar-refractivity contribution is 1.28. The molecule has 0 N–H and O–H groups in total. The van der Waals surface area contributed by atoms with Crippen molar-refractivity contribution in [3.05, 3.63) is 90.0 Å². The quantitative estimate of drug-likeness (QED) is 0.588. The molecule has 3 nitrogen and oxygen atoms in total. The third kappa shape index (κ3) is 4.01. The lowest BCUT2D eigenvalue weighted by Gasteiger charge is -2.25. The molecule has 0 saturated heterocycles. The topological polar surface area (TPSA) is 28.0 Å². The summed E-state index contributed by atoms with van der Waals surface area (Å²) < 4.78 is 0. The van der Waals surface area contributed by atoms with E-state index in [1.807, 2.05) is 18.5 Å². The van der Waals surface area contributed by atoms with Gasteiger partial charge in [0.1, 0.15) is 0 Å². The van der Waals surface area contributed by atoms with E-state index in [1.54, 1.807) is 14.1 Å². The number of aliphatic imine (C=N–C) groups is 2. The van der Waals surface area contributed by atoms with Crippen LogP contribution in [-0.4, -0.2) is 26.5 Å². The summed E-state index contributed by atoms with van der Waals surface area (Å²) in [5.41, 5.74) is 5.52. The van der Waals surface area contributed by atoms with E-state index in [4.69, 9.17) is 0 Å². The molecule has 3 heteroatoms. The number of anilines is 3. The van der Waals surface area contributed by atoms with Crippen LogP contribution in [0.2, 0.25) is 0 Å². The van der Waals surface area contributed by atoms with Gasteiger partial charge in [0.2, 0.25) is 0 Å². The Labute approximate surface area is 149 Å². The van der Waals surface area contributed by atoms with Gasteiger partial charge in [0.05, 0.1) is 0 Å². The van der Waals surface area contributed by atoms with Crippen LogP contribution in [-0.2, 0) is 0 Å². The summed E-state index contributed by atoms with van der Waals surface area (Å²) in [5.74, 6) is 0. The van der Waals surface area contributed by atoms with E-state index in [1.165, 1.54) is 0 Å². The van der Waals surface area contributed by atoms with Gasteiger partial charge in [0.25, 0.3) is 0 Å². The van der Waals surface area contributed by atoms with E-state index in [0.29, 0.717) is 0 Å². The number of hydrogen-bond acceptors (Lipinski definition) is 3. The fraction of sp³-hybridized carbons (Fsp3) is 0.0909. The Kier molecular flexibility index (Phi) is 5.37. The molecule has 0 heterocycles. The zero-order chi connectivity index (χ0) is 17.5. The van der Waals surface area contributed by atoms with Gasteiger partial charge in [0.15, 0.2) is 0 Å². The highest BCUT2D eigenvalue weighted by atomic mass is 15.1. The first kappa shape index (κ1) is 16.7. The van der Waals surface area contributed by atoms with Gasteiger partial charge in [-0.05, 0) is 47.5 Å². The molecule has 0 atom stereocenters. The van der Waals surface area contributed by atoms with Gasteiger partial charge >= 0.3 is 0 Å². The van der Waals surface area contributed by atoms with Gasteiger partial charge in [-0.15, -0.1) is 0 Å². The Balaban J connectivity index is 2.03. The summed E-state index contributed by atoms with van der Waals surface area (Å²) >= 11 is 0. The van der Waals surface area contributed by atoms with Crippen LogP contribution < -0.4 is 4.90 Å². The first-order chi connectivity index (χ1) is 12.3. The number of hydrogen-bond donors (Lipinski definition) is 0. The van der Waals surface area contributed by atoms with Gasteiger partial charge in [0, 0.05) is 43.6 Å². The second kappa shape index (κ2) is 8.06. The average Bonchev–Trinajstić information content (AvgIpc) is 2.66. The van der Waals surface area contributed by atoms with E-state index in [9.17, 15) is 0 Å². The molecule has 0 saturated carbocycles. The molecular formula is C22H21N3. The summed E-state index contributed by atoms with van der Waals surface area (Å²) in [7, 11) is 3.57. The van der Waals surface area contributed by atoms with Crippen molar-refractivity contribution in [2.24, 2.45) is 9.98 Å². The van der Waals surface area contributed by atoms with Gasteiger partial charge < -0.3 is 4.90 Å². The van der Waals surface area contributed by atoms with Gasteiger partial charge in [-0.3, -0.25) is 9.98 Å². The van der Waals surface area contributed by atoms with Crippen molar-refractivity contribution < 1.29 is 0 Å². The fourth-order valence-electron chi connectivity index (χ4n) is 2.74. The summed E-state index contributed by atoms with van der Waals surface area (Å²) in [6, 6.07) is 27.2. The maximum absolute atomic E-state index is 4.07. The molecule has 3 rings (SSSR count). The highest BCUT2D eigenvalue weighted by Crippen LogP contribution is 2.34.